The quantitative estimate of drug-likeness (QED) is 0.362. The fourth-order valence-corrected chi connectivity index (χ4v) is 2.61. The molecule has 0 aromatic heterocycles. The highest BCUT2D eigenvalue weighted by atomic mass is 32.2. The molecule has 0 heterocycles. The van der Waals surface area contributed by atoms with E-state index in [4.69, 9.17) is 0 Å². The van der Waals surface area contributed by atoms with Gasteiger partial charge in [-0.2, -0.15) is 0 Å². The molecule has 7 heteroatoms. The molecule has 0 amide bonds. The summed E-state index contributed by atoms with van der Waals surface area (Å²) in [7, 11) is -3.12. The van der Waals surface area contributed by atoms with E-state index in [0.717, 1.165) is 12.5 Å². The van der Waals surface area contributed by atoms with E-state index in [-0.39, 0.29) is 11.8 Å². The number of aliphatic imine (C=N–C) groups is 1. The van der Waals surface area contributed by atoms with Crippen LogP contribution in [0.15, 0.2) is 35.3 Å². The van der Waals surface area contributed by atoms with Gasteiger partial charge in [0.25, 0.3) is 0 Å². The van der Waals surface area contributed by atoms with Crippen molar-refractivity contribution in [2.75, 3.05) is 25.4 Å². The molecule has 6 nitrogen and oxygen atoms in total. The van der Waals surface area contributed by atoms with Crippen molar-refractivity contribution in [2.45, 2.75) is 33.2 Å². The number of hydrogen-bond acceptors (Lipinski definition) is 3. The second kappa shape index (κ2) is 10.2. The molecular formula is C16H28N4O2S. The van der Waals surface area contributed by atoms with Crippen LogP contribution < -0.4 is 15.4 Å². The van der Waals surface area contributed by atoms with Crippen LogP contribution in [-0.2, 0) is 10.0 Å². The average Bonchev–Trinajstić information content (AvgIpc) is 2.55. The summed E-state index contributed by atoms with van der Waals surface area (Å²) in [5.41, 5.74) is 1.19. The lowest BCUT2D eigenvalue weighted by Gasteiger charge is -2.18. The third kappa shape index (κ3) is 7.99. The Balaban J connectivity index is 2.47. The number of rotatable bonds is 9. The van der Waals surface area contributed by atoms with Gasteiger partial charge in [0.05, 0.1) is 11.8 Å². The van der Waals surface area contributed by atoms with E-state index in [0.29, 0.717) is 19.5 Å². The monoisotopic (exact) mass is 340 g/mol. The molecule has 130 valence electrons. The first-order chi connectivity index (χ1) is 11.0. The Hall–Kier alpha value is -1.60. The second-order valence-electron chi connectivity index (χ2n) is 5.19. The number of sulfonamides is 1. The van der Waals surface area contributed by atoms with E-state index in [1.165, 1.54) is 5.56 Å². The van der Waals surface area contributed by atoms with Crippen molar-refractivity contribution < 1.29 is 8.42 Å². The maximum absolute atomic E-state index is 11.3. The molecule has 0 aliphatic carbocycles. The van der Waals surface area contributed by atoms with Crippen LogP contribution in [0.3, 0.4) is 0 Å². The highest BCUT2D eigenvalue weighted by Gasteiger charge is 2.07. The molecule has 0 bridgehead atoms. The molecule has 1 atom stereocenters. The first-order valence-electron chi connectivity index (χ1n) is 8.05. The molecule has 1 rings (SSSR count). The summed E-state index contributed by atoms with van der Waals surface area (Å²) in [6, 6.07) is 10.3. The minimum absolute atomic E-state index is 0.106. The molecule has 1 aromatic rings. The fourth-order valence-electron chi connectivity index (χ4n) is 1.95. The number of guanidine groups is 1. The Kier molecular flexibility index (Phi) is 8.65. The number of hydrogen-bond donors (Lipinski definition) is 3. The molecule has 1 aromatic carbocycles. The molecule has 0 aliphatic rings. The fraction of sp³-hybridized carbons (Fsp3) is 0.562. The molecule has 0 saturated carbocycles. The first-order valence-corrected chi connectivity index (χ1v) is 9.70. The van der Waals surface area contributed by atoms with Crippen LogP contribution in [0.1, 0.15) is 38.8 Å². The summed E-state index contributed by atoms with van der Waals surface area (Å²) in [5, 5.41) is 6.55. The van der Waals surface area contributed by atoms with Crippen LogP contribution in [0.4, 0.5) is 0 Å². The Morgan fingerprint density at radius 2 is 1.91 bits per heavy atom. The summed E-state index contributed by atoms with van der Waals surface area (Å²) < 4.78 is 25.2. The molecule has 23 heavy (non-hydrogen) atoms. The average molecular weight is 340 g/mol. The van der Waals surface area contributed by atoms with Crippen molar-refractivity contribution in [3.05, 3.63) is 35.9 Å². The lowest BCUT2D eigenvalue weighted by molar-refractivity contribution is 0.580. The van der Waals surface area contributed by atoms with Crippen molar-refractivity contribution in [3.63, 3.8) is 0 Å². The molecule has 0 fully saturated rings. The SMILES string of the molecule is CCNC(=NCCCNS(=O)(=O)CC)NC(C)c1ccccc1. The zero-order valence-corrected chi connectivity index (χ0v) is 15.0. The lowest BCUT2D eigenvalue weighted by Crippen LogP contribution is -2.39. The van der Waals surface area contributed by atoms with Crippen molar-refractivity contribution in [2.24, 2.45) is 4.99 Å². The number of nitrogens with one attached hydrogen (secondary N) is 3. The molecule has 0 saturated heterocycles. The normalized spacial score (nSPS) is 13.6. The Morgan fingerprint density at radius 3 is 2.52 bits per heavy atom. The molecule has 3 N–H and O–H groups in total. The van der Waals surface area contributed by atoms with E-state index >= 15 is 0 Å². The minimum Gasteiger partial charge on any atom is -0.357 e. The van der Waals surface area contributed by atoms with Crippen molar-refractivity contribution in [3.8, 4) is 0 Å². The van der Waals surface area contributed by atoms with Crippen molar-refractivity contribution in [1.82, 2.24) is 15.4 Å². The zero-order valence-electron chi connectivity index (χ0n) is 14.2. The van der Waals surface area contributed by atoms with Crippen LogP contribution in [0.2, 0.25) is 0 Å². The maximum Gasteiger partial charge on any atom is 0.211 e. The predicted molar refractivity (Wildman–Crippen MR) is 96.1 cm³/mol. The van der Waals surface area contributed by atoms with Gasteiger partial charge in [-0.1, -0.05) is 30.3 Å². The van der Waals surface area contributed by atoms with Gasteiger partial charge in [0, 0.05) is 19.6 Å². The third-order valence-corrected chi connectivity index (χ3v) is 4.71. The zero-order chi connectivity index (χ0) is 17.1. The minimum atomic E-state index is -3.12. The van der Waals surface area contributed by atoms with E-state index in [9.17, 15) is 8.42 Å². The van der Waals surface area contributed by atoms with Crippen molar-refractivity contribution >= 4 is 16.0 Å². The van der Waals surface area contributed by atoms with E-state index in [1.54, 1.807) is 6.92 Å². The summed E-state index contributed by atoms with van der Waals surface area (Å²) in [6.45, 7) is 7.46. The van der Waals surface area contributed by atoms with Gasteiger partial charge in [-0.15, -0.1) is 0 Å². The topological polar surface area (TPSA) is 82.6 Å². The second-order valence-corrected chi connectivity index (χ2v) is 7.28. The van der Waals surface area contributed by atoms with Crippen LogP contribution in [0, 0.1) is 0 Å². The molecule has 0 spiro atoms. The van der Waals surface area contributed by atoms with Gasteiger partial charge in [0.1, 0.15) is 0 Å². The van der Waals surface area contributed by atoms with E-state index in [1.807, 2.05) is 25.1 Å². The summed E-state index contributed by atoms with van der Waals surface area (Å²) in [4.78, 5) is 4.48. The summed E-state index contributed by atoms with van der Waals surface area (Å²) in [6.07, 6.45) is 0.662. The largest absolute Gasteiger partial charge is 0.357 e. The van der Waals surface area contributed by atoms with Gasteiger partial charge >= 0.3 is 0 Å². The Labute approximate surface area is 139 Å². The molecule has 0 radical (unpaired) electrons. The van der Waals surface area contributed by atoms with E-state index < -0.39 is 10.0 Å². The maximum atomic E-state index is 11.3. The van der Waals surface area contributed by atoms with E-state index in [2.05, 4.69) is 39.4 Å². The van der Waals surface area contributed by atoms with Crippen LogP contribution in [-0.4, -0.2) is 39.8 Å². The predicted octanol–water partition coefficient (Wildman–Crippen LogP) is 1.63. The van der Waals surface area contributed by atoms with Gasteiger partial charge in [0.15, 0.2) is 5.96 Å². The van der Waals surface area contributed by atoms with Crippen LogP contribution in [0.25, 0.3) is 0 Å². The van der Waals surface area contributed by atoms with Gasteiger partial charge in [-0.05, 0) is 32.8 Å². The lowest BCUT2D eigenvalue weighted by atomic mass is 10.1. The molecular weight excluding hydrogens is 312 g/mol. The van der Waals surface area contributed by atoms with Gasteiger partial charge in [-0.3, -0.25) is 4.99 Å². The Bertz CT molecular complexity index is 573. The summed E-state index contributed by atoms with van der Waals surface area (Å²) in [5.74, 6) is 0.844. The summed E-state index contributed by atoms with van der Waals surface area (Å²) >= 11 is 0. The van der Waals surface area contributed by atoms with Gasteiger partial charge < -0.3 is 10.6 Å². The smallest absolute Gasteiger partial charge is 0.211 e. The van der Waals surface area contributed by atoms with Crippen LogP contribution >= 0.6 is 0 Å². The number of nitrogens with zero attached hydrogens (tertiary/aromatic N) is 1. The van der Waals surface area contributed by atoms with Gasteiger partial charge in [-0.25, -0.2) is 13.1 Å². The molecule has 0 aliphatic heterocycles. The first kappa shape index (κ1) is 19.4. The Morgan fingerprint density at radius 1 is 1.22 bits per heavy atom. The van der Waals surface area contributed by atoms with Crippen molar-refractivity contribution in [1.29, 1.82) is 0 Å². The van der Waals surface area contributed by atoms with Crippen LogP contribution in [0.5, 0.6) is 0 Å². The number of benzene rings is 1. The highest BCUT2D eigenvalue weighted by Crippen LogP contribution is 2.10. The highest BCUT2D eigenvalue weighted by molar-refractivity contribution is 7.89. The third-order valence-electron chi connectivity index (χ3n) is 3.30. The molecule has 1 unspecified atom stereocenters. The van der Waals surface area contributed by atoms with Gasteiger partial charge in [0.2, 0.25) is 10.0 Å². The standard InChI is InChI=1S/C16H28N4O2S/c1-4-17-16(18-12-9-13-19-23(21,22)5-2)20-14(3)15-10-7-6-8-11-15/h6-8,10-11,14,19H,4-5,9,12-13H2,1-3H3,(H2,17,18,20).